The molecule has 0 aliphatic carbocycles. The molecule has 5 heteroatoms. The number of rotatable bonds is 5. The zero-order valence-corrected chi connectivity index (χ0v) is 11.9. The van der Waals surface area contributed by atoms with E-state index in [4.69, 9.17) is 22.6 Å². The molecule has 3 unspecified atom stereocenters. The van der Waals surface area contributed by atoms with Gasteiger partial charge in [-0.05, 0) is 33.0 Å². The van der Waals surface area contributed by atoms with Crippen LogP contribution in [0.3, 0.4) is 0 Å². The Hall–Kier alpha value is -0.600. The first-order chi connectivity index (χ1) is 7.95. The van der Waals surface area contributed by atoms with Crippen LogP contribution < -0.4 is 5.73 Å². The van der Waals surface area contributed by atoms with Crippen molar-refractivity contribution in [1.82, 2.24) is 4.90 Å². The summed E-state index contributed by atoms with van der Waals surface area (Å²) in [4.78, 5) is 3.28. The minimum Gasteiger partial charge on any atom is -0.326 e. The summed E-state index contributed by atoms with van der Waals surface area (Å²) in [5, 5.41) is 8.85. The van der Waals surface area contributed by atoms with E-state index in [1.54, 1.807) is 11.3 Å². The lowest BCUT2D eigenvalue weighted by molar-refractivity contribution is 0.208. The zero-order valence-electron chi connectivity index (χ0n) is 10.4. The fraction of sp³-hybridized carbons (Fsp3) is 0.583. The van der Waals surface area contributed by atoms with E-state index in [1.165, 1.54) is 0 Å². The molecule has 17 heavy (non-hydrogen) atoms. The summed E-state index contributed by atoms with van der Waals surface area (Å²) in [7, 11) is 2.00. The molecular formula is C12H18ClN3S. The van der Waals surface area contributed by atoms with Gasteiger partial charge in [0.2, 0.25) is 0 Å². The van der Waals surface area contributed by atoms with E-state index in [0.29, 0.717) is 6.54 Å². The molecule has 0 spiro atoms. The van der Waals surface area contributed by atoms with Gasteiger partial charge in [-0.1, -0.05) is 11.6 Å². The summed E-state index contributed by atoms with van der Waals surface area (Å²) in [6.07, 6.45) is 0. The van der Waals surface area contributed by atoms with E-state index in [2.05, 4.69) is 11.0 Å². The molecule has 1 rings (SSSR count). The number of nitriles is 1. The van der Waals surface area contributed by atoms with E-state index in [9.17, 15) is 0 Å². The summed E-state index contributed by atoms with van der Waals surface area (Å²) < 4.78 is 0.771. The van der Waals surface area contributed by atoms with Crippen LogP contribution >= 0.6 is 22.9 Å². The van der Waals surface area contributed by atoms with Crippen molar-refractivity contribution in [2.24, 2.45) is 11.7 Å². The Morgan fingerprint density at radius 3 is 2.59 bits per heavy atom. The monoisotopic (exact) mass is 271 g/mol. The van der Waals surface area contributed by atoms with E-state index in [1.807, 2.05) is 33.0 Å². The first kappa shape index (κ1) is 14.5. The summed E-state index contributed by atoms with van der Waals surface area (Å²) in [5.41, 5.74) is 6.04. The van der Waals surface area contributed by atoms with Gasteiger partial charge in [0.05, 0.1) is 22.4 Å². The minimum absolute atomic E-state index is 0.000564. The molecule has 3 atom stereocenters. The van der Waals surface area contributed by atoms with Crippen LogP contribution in [0.25, 0.3) is 0 Å². The summed E-state index contributed by atoms with van der Waals surface area (Å²) in [6.45, 7) is 4.60. The molecule has 1 heterocycles. The summed E-state index contributed by atoms with van der Waals surface area (Å²) >= 11 is 7.50. The standard InChI is InChI=1S/C12H18ClN3S/c1-8(6-14)7-16(3)12(9(2)15)10-4-5-11(13)17-10/h4-5,8-9,12H,7,15H2,1-3H3. The van der Waals surface area contributed by atoms with Crippen molar-refractivity contribution < 1.29 is 0 Å². The second kappa shape index (κ2) is 6.36. The average molecular weight is 272 g/mol. The maximum Gasteiger partial charge on any atom is 0.0931 e. The average Bonchev–Trinajstić information content (AvgIpc) is 2.64. The molecule has 0 radical (unpaired) electrons. The highest BCUT2D eigenvalue weighted by Gasteiger charge is 2.23. The third-order valence-electron chi connectivity index (χ3n) is 2.64. The summed E-state index contributed by atoms with van der Waals surface area (Å²) in [6, 6.07) is 6.25. The Labute approximate surface area is 112 Å². The predicted octanol–water partition coefficient (Wildman–Crippen LogP) is 2.88. The molecule has 3 nitrogen and oxygen atoms in total. The molecule has 0 bridgehead atoms. The molecule has 1 aromatic rings. The lowest BCUT2D eigenvalue weighted by Crippen LogP contribution is -2.38. The van der Waals surface area contributed by atoms with Gasteiger partial charge in [0, 0.05) is 17.5 Å². The van der Waals surface area contributed by atoms with Gasteiger partial charge in [0.1, 0.15) is 0 Å². The smallest absolute Gasteiger partial charge is 0.0931 e. The molecule has 0 aliphatic heterocycles. The highest BCUT2D eigenvalue weighted by Crippen LogP contribution is 2.31. The lowest BCUT2D eigenvalue weighted by atomic mass is 10.1. The van der Waals surface area contributed by atoms with Crippen LogP contribution in [0, 0.1) is 17.2 Å². The molecular weight excluding hydrogens is 254 g/mol. The van der Waals surface area contributed by atoms with Gasteiger partial charge in [0.15, 0.2) is 0 Å². The maximum absolute atomic E-state index is 8.85. The second-order valence-corrected chi connectivity index (χ2v) is 6.16. The second-order valence-electron chi connectivity index (χ2n) is 4.42. The molecule has 0 fully saturated rings. The maximum atomic E-state index is 8.85. The Kier molecular flexibility index (Phi) is 5.41. The van der Waals surface area contributed by atoms with E-state index in [-0.39, 0.29) is 18.0 Å². The van der Waals surface area contributed by atoms with Gasteiger partial charge in [-0.25, -0.2) is 0 Å². The molecule has 1 aromatic heterocycles. The first-order valence-electron chi connectivity index (χ1n) is 5.56. The normalized spacial score (nSPS) is 16.5. The van der Waals surface area contributed by atoms with Gasteiger partial charge >= 0.3 is 0 Å². The zero-order chi connectivity index (χ0) is 13.0. The van der Waals surface area contributed by atoms with E-state index >= 15 is 0 Å². The SMILES string of the molecule is CC(C#N)CN(C)C(c1ccc(Cl)s1)C(C)N. The van der Waals surface area contributed by atoms with Crippen molar-refractivity contribution in [1.29, 1.82) is 5.26 Å². The number of nitrogens with zero attached hydrogens (tertiary/aromatic N) is 2. The van der Waals surface area contributed by atoms with Crippen LogP contribution in [0.1, 0.15) is 24.8 Å². The van der Waals surface area contributed by atoms with Crippen molar-refractivity contribution in [3.8, 4) is 6.07 Å². The van der Waals surface area contributed by atoms with Crippen molar-refractivity contribution in [2.45, 2.75) is 25.9 Å². The Bertz CT molecular complexity index is 397. The quantitative estimate of drug-likeness (QED) is 0.896. The number of thiophene rings is 1. The van der Waals surface area contributed by atoms with Crippen molar-refractivity contribution in [2.75, 3.05) is 13.6 Å². The number of hydrogen-bond acceptors (Lipinski definition) is 4. The molecule has 0 amide bonds. The van der Waals surface area contributed by atoms with Crippen LogP contribution in [-0.4, -0.2) is 24.5 Å². The Morgan fingerprint density at radius 1 is 1.53 bits per heavy atom. The van der Waals surface area contributed by atoms with Crippen LogP contribution in [0.2, 0.25) is 4.34 Å². The number of hydrogen-bond donors (Lipinski definition) is 1. The van der Waals surface area contributed by atoms with Crippen molar-refractivity contribution >= 4 is 22.9 Å². The van der Waals surface area contributed by atoms with Crippen molar-refractivity contribution in [3.05, 3.63) is 21.3 Å². The van der Waals surface area contributed by atoms with Gasteiger partial charge in [-0.3, -0.25) is 4.90 Å². The van der Waals surface area contributed by atoms with Crippen LogP contribution in [0.15, 0.2) is 12.1 Å². The fourth-order valence-corrected chi connectivity index (χ4v) is 3.29. The summed E-state index contributed by atoms with van der Waals surface area (Å²) in [5.74, 6) is -0.00307. The minimum atomic E-state index is -0.00307. The van der Waals surface area contributed by atoms with Crippen LogP contribution in [0.5, 0.6) is 0 Å². The molecule has 0 aliphatic rings. The highest BCUT2D eigenvalue weighted by atomic mass is 35.5. The lowest BCUT2D eigenvalue weighted by Gasteiger charge is -2.30. The van der Waals surface area contributed by atoms with Gasteiger partial charge in [-0.2, -0.15) is 5.26 Å². The number of likely N-dealkylation sites (N-methyl/N-ethyl adjacent to an activating group) is 1. The topological polar surface area (TPSA) is 53.0 Å². The number of nitrogens with two attached hydrogens (primary N) is 1. The van der Waals surface area contributed by atoms with Crippen LogP contribution in [-0.2, 0) is 0 Å². The van der Waals surface area contributed by atoms with Gasteiger partial charge in [-0.15, -0.1) is 11.3 Å². The number of halogens is 1. The largest absolute Gasteiger partial charge is 0.326 e. The molecule has 2 N–H and O–H groups in total. The predicted molar refractivity (Wildman–Crippen MR) is 73.1 cm³/mol. The first-order valence-corrected chi connectivity index (χ1v) is 6.75. The Morgan fingerprint density at radius 2 is 2.18 bits per heavy atom. The Balaban J connectivity index is 2.83. The third kappa shape index (κ3) is 3.97. The van der Waals surface area contributed by atoms with Gasteiger partial charge in [0.25, 0.3) is 0 Å². The van der Waals surface area contributed by atoms with Gasteiger partial charge < -0.3 is 5.73 Å². The third-order valence-corrected chi connectivity index (χ3v) is 3.94. The highest BCUT2D eigenvalue weighted by molar-refractivity contribution is 7.16. The van der Waals surface area contributed by atoms with Crippen molar-refractivity contribution in [3.63, 3.8) is 0 Å². The molecule has 0 saturated heterocycles. The molecule has 0 saturated carbocycles. The van der Waals surface area contributed by atoms with Crippen LogP contribution in [0.4, 0.5) is 0 Å². The molecule has 0 aromatic carbocycles. The molecule has 94 valence electrons. The van der Waals surface area contributed by atoms with E-state index in [0.717, 1.165) is 9.21 Å². The van der Waals surface area contributed by atoms with E-state index < -0.39 is 0 Å². The fourth-order valence-electron chi connectivity index (χ4n) is 1.95.